The average Bonchev–Trinajstić information content (AvgIpc) is 2.39. The summed E-state index contributed by atoms with van der Waals surface area (Å²) in [6.45, 7) is 4.70. The van der Waals surface area contributed by atoms with Crippen LogP contribution in [0.3, 0.4) is 0 Å². The van der Waals surface area contributed by atoms with Gasteiger partial charge in [0.25, 0.3) is 0 Å². The molecule has 1 aromatic carbocycles. The summed E-state index contributed by atoms with van der Waals surface area (Å²) in [5, 5.41) is 0. The summed E-state index contributed by atoms with van der Waals surface area (Å²) >= 11 is 0. The number of hydrogen-bond donors (Lipinski definition) is 0. The molecule has 1 aromatic rings. The third-order valence-corrected chi connectivity index (χ3v) is 2.65. The molecule has 0 saturated carbocycles. The molecule has 2 atom stereocenters. The number of nitrogens with zero attached hydrogens (tertiary/aromatic N) is 1. The summed E-state index contributed by atoms with van der Waals surface area (Å²) in [7, 11) is 0.887. The molecular weight excluding hydrogens is 244 g/mol. The molecule has 1 rings (SSSR count). The number of rotatable bonds is 9. The summed E-state index contributed by atoms with van der Waals surface area (Å²) in [6.07, 6.45) is -0.470. The van der Waals surface area contributed by atoms with Gasteiger partial charge >= 0.3 is 113 Å². The molecule has 19 heavy (non-hydrogen) atoms. The second-order valence-electron chi connectivity index (χ2n) is 4.33. The Morgan fingerprint density at radius 2 is 1.47 bits per heavy atom. The molecule has 0 aliphatic rings. The second-order valence-corrected chi connectivity index (χ2v) is 4.33. The van der Waals surface area contributed by atoms with Crippen molar-refractivity contribution >= 4 is 20.4 Å². The van der Waals surface area contributed by atoms with E-state index in [0.717, 1.165) is 5.69 Å². The Labute approximate surface area is 114 Å². The number of para-hydroxylation sites is 1. The van der Waals surface area contributed by atoms with Crippen molar-refractivity contribution in [2.24, 2.45) is 0 Å². The fourth-order valence-corrected chi connectivity index (χ4v) is 1.82. The van der Waals surface area contributed by atoms with Crippen molar-refractivity contribution in [2.45, 2.75) is 26.1 Å². The first kappa shape index (κ1) is 15.4. The molecule has 0 amide bonds. The third kappa shape index (κ3) is 5.68. The van der Waals surface area contributed by atoms with Gasteiger partial charge < -0.3 is 0 Å². The summed E-state index contributed by atoms with van der Waals surface area (Å²) in [5.41, 5.74) is 0.991. The first-order valence-corrected chi connectivity index (χ1v) is 6.15. The van der Waals surface area contributed by atoms with Gasteiger partial charge in [-0.15, -0.1) is 0 Å². The van der Waals surface area contributed by atoms with Crippen LogP contribution in [-0.2, 0) is 18.7 Å². The summed E-state index contributed by atoms with van der Waals surface area (Å²) in [4.78, 5) is 2.02. The van der Waals surface area contributed by atoms with Gasteiger partial charge in [0.2, 0.25) is 0 Å². The standard InChI is InChI=1S/C12H17B2NO4/c1-10(18-13-16)8-15(9-11(2)19-14-17)12-6-4-3-5-7-12/h3-7,10-11H,8-9H2,1-2H3. The molecule has 0 fully saturated rings. The molecule has 0 radical (unpaired) electrons. The quantitative estimate of drug-likeness (QED) is 0.626. The topological polar surface area (TPSA) is 55.8 Å². The van der Waals surface area contributed by atoms with Crippen molar-refractivity contribution in [2.75, 3.05) is 18.0 Å². The fourth-order valence-electron chi connectivity index (χ4n) is 1.82. The average molecular weight is 261 g/mol. The van der Waals surface area contributed by atoms with E-state index >= 15 is 0 Å². The molecule has 0 aliphatic heterocycles. The molecule has 0 spiro atoms. The molecule has 0 bridgehead atoms. The minimum absolute atomic E-state index is 0.235. The molecule has 0 aromatic heterocycles. The maximum absolute atomic E-state index is 10.3. The van der Waals surface area contributed by atoms with E-state index in [1.165, 1.54) is 0 Å². The van der Waals surface area contributed by atoms with E-state index in [1.54, 1.807) is 0 Å². The van der Waals surface area contributed by atoms with E-state index in [0.29, 0.717) is 27.8 Å². The van der Waals surface area contributed by atoms with Crippen LogP contribution >= 0.6 is 0 Å². The summed E-state index contributed by atoms with van der Waals surface area (Å²) in [5.74, 6) is 0. The first-order chi connectivity index (χ1) is 9.17. The zero-order chi connectivity index (χ0) is 14.1. The van der Waals surface area contributed by atoms with Gasteiger partial charge in [0.15, 0.2) is 0 Å². The Hall–Kier alpha value is -1.65. The molecule has 7 heteroatoms. The van der Waals surface area contributed by atoms with Gasteiger partial charge in [-0.1, -0.05) is 0 Å². The van der Waals surface area contributed by atoms with E-state index in [-0.39, 0.29) is 12.2 Å². The third-order valence-electron chi connectivity index (χ3n) is 2.65. The van der Waals surface area contributed by atoms with E-state index in [2.05, 4.69) is 0 Å². The van der Waals surface area contributed by atoms with Crippen molar-refractivity contribution < 1.29 is 18.7 Å². The zero-order valence-corrected chi connectivity index (χ0v) is 11.2. The maximum atomic E-state index is 10.3. The van der Waals surface area contributed by atoms with Crippen LogP contribution in [0, 0.1) is 0 Å². The van der Waals surface area contributed by atoms with Gasteiger partial charge in [-0.2, -0.15) is 0 Å². The summed E-state index contributed by atoms with van der Waals surface area (Å²) in [6, 6.07) is 9.71. The van der Waals surface area contributed by atoms with Crippen LogP contribution < -0.4 is 4.90 Å². The Kier molecular flexibility index (Phi) is 6.85. The molecule has 0 N–H and O–H groups in total. The number of benzene rings is 1. The minimum atomic E-state index is -0.235. The van der Waals surface area contributed by atoms with Gasteiger partial charge in [0.1, 0.15) is 0 Å². The van der Waals surface area contributed by atoms with Crippen molar-refractivity contribution in [3.05, 3.63) is 30.3 Å². The van der Waals surface area contributed by atoms with E-state index in [4.69, 9.17) is 9.31 Å². The molecule has 5 nitrogen and oxygen atoms in total. The Balaban J connectivity index is 2.72. The van der Waals surface area contributed by atoms with Crippen LogP contribution in [0.4, 0.5) is 5.69 Å². The monoisotopic (exact) mass is 261 g/mol. The van der Waals surface area contributed by atoms with Gasteiger partial charge in [-0.3, -0.25) is 0 Å². The molecular formula is C12H17B2NO4. The van der Waals surface area contributed by atoms with Crippen LogP contribution in [-0.4, -0.2) is 40.0 Å². The van der Waals surface area contributed by atoms with Crippen molar-refractivity contribution in [1.82, 2.24) is 0 Å². The first-order valence-electron chi connectivity index (χ1n) is 6.15. The fraction of sp³-hybridized carbons (Fsp3) is 0.500. The van der Waals surface area contributed by atoms with E-state index < -0.39 is 0 Å². The molecule has 2 unspecified atom stereocenters. The van der Waals surface area contributed by atoms with Crippen LogP contribution in [0.2, 0.25) is 0 Å². The van der Waals surface area contributed by atoms with E-state index in [1.807, 2.05) is 49.1 Å². The van der Waals surface area contributed by atoms with Crippen LogP contribution in [0.25, 0.3) is 0 Å². The summed E-state index contributed by atoms with van der Waals surface area (Å²) < 4.78 is 30.5. The van der Waals surface area contributed by atoms with Crippen molar-refractivity contribution in [3.8, 4) is 0 Å². The SMILES string of the molecule is CC(CN(CC(C)OB=O)c1ccccc1)OB=O. The molecule has 0 aliphatic carbocycles. The number of hydrogen-bond acceptors (Lipinski definition) is 5. The van der Waals surface area contributed by atoms with Gasteiger partial charge in [-0.05, 0) is 0 Å². The van der Waals surface area contributed by atoms with Crippen molar-refractivity contribution in [3.63, 3.8) is 0 Å². The van der Waals surface area contributed by atoms with Crippen LogP contribution in [0.5, 0.6) is 0 Å². The van der Waals surface area contributed by atoms with Gasteiger partial charge in [-0.25, -0.2) is 0 Å². The van der Waals surface area contributed by atoms with E-state index in [9.17, 15) is 9.41 Å². The molecule has 0 saturated heterocycles. The van der Waals surface area contributed by atoms with Crippen LogP contribution in [0.1, 0.15) is 13.8 Å². The molecule has 0 heterocycles. The second kappa shape index (κ2) is 8.45. The Morgan fingerprint density at radius 3 is 1.89 bits per heavy atom. The van der Waals surface area contributed by atoms with Gasteiger partial charge in [0, 0.05) is 0 Å². The number of anilines is 1. The van der Waals surface area contributed by atoms with Gasteiger partial charge in [0.05, 0.1) is 0 Å². The zero-order valence-electron chi connectivity index (χ0n) is 11.2. The Bertz CT molecular complexity index is 373. The normalized spacial score (nSPS) is 12.7. The predicted molar refractivity (Wildman–Crippen MR) is 72.6 cm³/mol. The molecule has 100 valence electrons. The van der Waals surface area contributed by atoms with Crippen LogP contribution in [0.15, 0.2) is 30.3 Å². The van der Waals surface area contributed by atoms with Crippen molar-refractivity contribution in [1.29, 1.82) is 0 Å². The Morgan fingerprint density at radius 1 is 1.00 bits per heavy atom. The predicted octanol–water partition coefficient (Wildman–Crippen LogP) is 1.23.